The maximum absolute atomic E-state index is 11.8. The number of hydroxylamine groups is 1. The van der Waals surface area contributed by atoms with Crippen molar-refractivity contribution < 1.29 is 15.1 Å². The Kier molecular flexibility index (Phi) is 9.06. The fourth-order valence-electron chi connectivity index (χ4n) is 3.16. The smallest absolute Gasteiger partial charge is 0.0896 e. The summed E-state index contributed by atoms with van der Waals surface area (Å²) < 4.78 is 0. The molecule has 0 aromatic heterocycles. The van der Waals surface area contributed by atoms with Gasteiger partial charge in [-0.3, -0.25) is 0 Å². The Bertz CT molecular complexity index is 633. The Balaban J connectivity index is 1.58. The van der Waals surface area contributed by atoms with Crippen LogP contribution >= 0.6 is 0 Å². The molecule has 2 aromatic rings. The number of benzene rings is 2. The summed E-state index contributed by atoms with van der Waals surface area (Å²) in [5.41, 5.74) is 2.84. The third-order valence-electron chi connectivity index (χ3n) is 4.63. The van der Waals surface area contributed by atoms with Crippen molar-refractivity contribution in [1.29, 1.82) is 0 Å². The van der Waals surface area contributed by atoms with E-state index in [0.29, 0.717) is 13.0 Å². The largest absolute Gasteiger partial charge is 0.638 e. The molecule has 0 fully saturated rings. The lowest BCUT2D eigenvalue weighted by molar-refractivity contribution is -0.884. The average molecular weight is 343 g/mol. The van der Waals surface area contributed by atoms with Crippen LogP contribution < -0.4 is 5.48 Å². The molecule has 2 N–H and O–H groups in total. The molecule has 0 saturated carbocycles. The van der Waals surface area contributed by atoms with Crippen LogP contribution in [0.1, 0.15) is 70.3 Å². The van der Waals surface area contributed by atoms with Gasteiger partial charge in [0.25, 0.3) is 0 Å². The molecule has 0 aliphatic rings. The summed E-state index contributed by atoms with van der Waals surface area (Å²) in [6, 6.07) is 14.5. The summed E-state index contributed by atoms with van der Waals surface area (Å²) in [6.45, 7) is 2.90. The second-order valence-corrected chi connectivity index (χ2v) is 6.72. The summed E-state index contributed by atoms with van der Waals surface area (Å²) in [5, 5.41) is 2.44. The standard InChI is InChI=1S/C22H31NO2/c1-2-3-4-5-6-7-8-9-17-22(24)25-23-18-20-15-12-14-19-13-10-11-16-21(19)20/h10-16,23H,2-9,17-18H2,1H3/q+1/p+1. The van der Waals surface area contributed by atoms with Crippen molar-refractivity contribution in [2.45, 2.75) is 71.3 Å². The van der Waals surface area contributed by atoms with E-state index in [2.05, 4.69) is 31.2 Å². The van der Waals surface area contributed by atoms with Crippen LogP contribution in [0.5, 0.6) is 0 Å². The maximum Gasteiger partial charge on any atom is 0.638 e. The number of carbonyl (C=O) groups is 1. The van der Waals surface area contributed by atoms with Gasteiger partial charge < -0.3 is 0 Å². The van der Waals surface area contributed by atoms with Crippen LogP contribution in [0.25, 0.3) is 10.8 Å². The summed E-state index contributed by atoms with van der Waals surface area (Å²) in [4.78, 5) is 17.1. The number of hydrogen-bond donors (Lipinski definition) is 1. The van der Waals surface area contributed by atoms with E-state index in [9.17, 15) is 4.79 Å². The van der Waals surface area contributed by atoms with Gasteiger partial charge >= 0.3 is 5.97 Å². The lowest BCUT2D eigenvalue weighted by Gasteiger charge is -2.02. The molecule has 1 radical (unpaired) electrons. The predicted octanol–water partition coefficient (Wildman–Crippen LogP) is 4.89. The van der Waals surface area contributed by atoms with Gasteiger partial charge in [0.2, 0.25) is 0 Å². The summed E-state index contributed by atoms with van der Waals surface area (Å²) >= 11 is 0. The first kappa shape index (κ1) is 19.5. The normalized spacial score (nSPS) is 10.9. The van der Waals surface area contributed by atoms with Gasteiger partial charge in [-0.1, -0.05) is 105 Å². The van der Waals surface area contributed by atoms with Gasteiger partial charge in [0.15, 0.2) is 6.54 Å². The van der Waals surface area contributed by atoms with Gasteiger partial charge in [0, 0.05) is 5.56 Å². The molecule has 0 atom stereocenters. The van der Waals surface area contributed by atoms with Crippen LogP contribution in [0, 0.1) is 0 Å². The SMILES string of the molecule is CCCCCCCCCCC(=[O+])O[NH2+]Cc1cccc2ccccc12. The molecule has 0 aliphatic heterocycles. The molecule has 0 amide bonds. The molecule has 0 unspecified atom stereocenters. The zero-order valence-electron chi connectivity index (χ0n) is 15.5. The van der Waals surface area contributed by atoms with E-state index in [0.717, 1.165) is 12.8 Å². The van der Waals surface area contributed by atoms with Crippen LogP contribution in [-0.2, 0) is 16.2 Å². The van der Waals surface area contributed by atoms with E-state index >= 15 is 0 Å². The maximum atomic E-state index is 11.8. The van der Waals surface area contributed by atoms with Crippen molar-refractivity contribution in [3.63, 3.8) is 0 Å². The highest BCUT2D eigenvalue weighted by Gasteiger charge is 2.20. The first-order valence-corrected chi connectivity index (χ1v) is 9.79. The number of hydrogen-bond acceptors (Lipinski definition) is 2. The Morgan fingerprint density at radius 1 is 0.880 bits per heavy atom. The van der Waals surface area contributed by atoms with Crippen LogP contribution in [0.15, 0.2) is 42.5 Å². The molecule has 2 rings (SSSR count). The molecular formula is C22H32NO2+2. The van der Waals surface area contributed by atoms with Crippen LogP contribution in [0.2, 0.25) is 0 Å². The zero-order chi connectivity index (χ0) is 17.7. The molecule has 2 aromatic carbocycles. The van der Waals surface area contributed by atoms with Crippen molar-refractivity contribution in [2.75, 3.05) is 0 Å². The van der Waals surface area contributed by atoms with Crippen molar-refractivity contribution in [3.05, 3.63) is 48.0 Å². The fourth-order valence-corrected chi connectivity index (χ4v) is 3.16. The van der Waals surface area contributed by atoms with E-state index in [-0.39, 0.29) is 5.97 Å². The van der Waals surface area contributed by atoms with Gasteiger partial charge in [0.1, 0.15) is 6.42 Å². The lowest BCUT2D eigenvalue weighted by atomic mass is 10.1. The minimum Gasteiger partial charge on any atom is -0.0896 e. The zero-order valence-corrected chi connectivity index (χ0v) is 15.5. The third kappa shape index (κ3) is 7.27. The molecule has 0 aliphatic carbocycles. The third-order valence-corrected chi connectivity index (χ3v) is 4.63. The number of quaternary nitrogens is 1. The Morgan fingerprint density at radius 3 is 2.36 bits per heavy atom. The van der Waals surface area contributed by atoms with Gasteiger partial charge in [-0.2, -0.15) is 0 Å². The van der Waals surface area contributed by atoms with E-state index in [1.807, 2.05) is 18.2 Å². The second-order valence-electron chi connectivity index (χ2n) is 6.72. The number of rotatable bonds is 12. The summed E-state index contributed by atoms with van der Waals surface area (Å²) in [5.74, 6) is -0.105. The fraction of sp³-hybridized carbons (Fsp3) is 0.500. The minimum atomic E-state index is -0.105. The van der Waals surface area contributed by atoms with E-state index in [1.165, 1.54) is 54.9 Å². The Labute approximate surface area is 151 Å². The molecule has 25 heavy (non-hydrogen) atoms. The molecular weight excluding hydrogens is 310 g/mol. The second kappa shape index (κ2) is 11.6. The van der Waals surface area contributed by atoms with Crippen molar-refractivity contribution in [2.24, 2.45) is 0 Å². The average Bonchev–Trinajstić information content (AvgIpc) is 2.64. The van der Waals surface area contributed by atoms with Gasteiger partial charge in [-0.25, -0.2) is 0 Å². The summed E-state index contributed by atoms with van der Waals surface area (Å²) in [6.07, 6.45) is 10.4. The Morgan fingerprint density at radius 2 is 1.56 bits per heavy atom. The first-order chi connectivity index (χ1) is 12.3. The molecule has 0 saturated heterocycles. The van der Waals surface area contributed by atoms with E-state index in [1.54, 1.807) is 5.48 Å². The lowest BCUT2D eigenvalue weighted by Crippen LogP contribution is -2.82. The molecule has 135 valence electrons. The topological polar surface area (TPSA) is 45.7 Å². The molecule has 3 heteroatoms. The van der Waals surface area contributed by atoms with Gasteiger partial charge in [-0.15, -0.1) is 0 Å². The Hall–Kier alpha value is -1.87. The molecule has 0 heterocycles. The highest BCUT2D eigenvalue weighted by atomic mass is 16.7. The number of nitrogens with two attached hydrogens (primary N) is 1. The van der Waals surface area contributed by atoms with Crippen LogP contribution in [-0.4, -0.2) is 5.97 Å². The monoisotopic (exact) mass is 342 g/mol. The van der Waals surface area contributed by atoms with Crippen LogP contribution in [0.4, 0.5) is 0 Å². The predicted molar refractivity (Wildman–Crippen MR) is 103 cm³/mol. The van der Waals surface area contributed by atoms with Gasteiger partial charge in [0.05, 0.1) is 4.79 Å². The van der Waals surface area contributed by atoms with E-state index < -0.39 is 0 Å². The highest BCUT2D eigenvalue weighted by Crippen LogP contribution is 2.17. The van der Waals surface area contributed by atoms with Gasteiger partial charge in [-0.05, 0) is 17.2 Å². The van der Waals surface area contributed by atoms with Crippen LogP contribution in [0.3, 0.4) is 0 Å². The summed E-state index contributed by atoms with van der Waals surface area (Å²) in [7, 11) is 0. The number of carbonyl (C=O) groups excluding carboxylic acids is 1. The first-order valence-electron chi connectivity index (χ1n) is 9.79. The molecule has 0 spiro atoms. The number of fused-ring (bicyclic) bond motifs is 1. The molecule has 3 nitrogen and oxygen atoms in total. The molecule has 0 bridgehead atoms. The minimum absolute atomic E-state index is 0.105. The quantitative estimate of drug-likeness (QED) is 0.339. The van der Waals surface area contributed by atoms with E-state index in [4.69, 9.17) is 4.84 Å². The highest BCUT2D eigenvalue weighted by molar-refractivity contribution is 5.85. The van der Waals surface area contributed by atoms with Crippen molar-refractivity contribution in [3.8, 4) is 0 Å². The van der Waals surface area contributed by atoms with Crippen molar-refractivity contribution >= 4 is 16.7 Å². The number of unbranched alkanes of at least 4 members (excludes halogenated alkanes) is 7. The van der Waals surface area contributed by atoms with Crippen molar-refractivity contribution in [1.82, 2.24) is 0 Å².